The fourth-order valence-electron chi connectivity index (χ4n) is 3.20. The van der Waals surface area contributed by atoms with Gasteiger partial charge in [-0.25, -0.2) is 4.68 Å². The van der Waals surface area contributed by atoms with Crippen LogP contribution in [0.15, 0.2) is 36.4 Å². The number of amides is 2. The Morgan fingerprint density at radius 1 is 1.06 bits per heavy atom. The predicted molar refractivity (Wildman–Crippen MR) is 122 cm³/mol. The largest absolute Gasteiger partial charge is 0.497 e. The lowest BCUT2D eigenvalue weighted by atomic mass is 9.86. The number of nitrogens with zero attached hydrogens (tertiary/aromatic N) is 3. The first-order valence-corrected chi connectivity index (χ1v) is 9.99. The molecule has 168 valence electrons. The van der Waals surface area contributed by atoms with Crippen LogP contribution in [0.25, 0.3) is 5.69 Å². The van der Waals surface area contributed by atoms with Gasteiger partial charge in [0.05, 0.1) is 19.9 Å². The van der Waals surface area contributed by atoms with Crippen molar-refractivity contribution in [1.29, 1.82) is 0 Å². The Hall–Kier alpha value is -3.88. The molecule has 3 aromatic rings. The highest BCUT2D eigenvalue weighted by atomic mass is 16.5. The number of ether oxygens (including phenoxy) is 2. The molecule has 0 saturated heterocycles. The quantitative estimate of drug-likeness (QED) is 0.546. The second kappa shape index (κ2) is 9.09. The molecule has 2 N–H and O–H groups in total. The van der Waals surface area contributed by atoms with Crippen LogP contribution in [0.3, 0.4) is 0 Å². The van der Waals surface area contributed by atoms with Crippen molar-refractivity contribution in [2.45, 2.75) is 33.1 Å². The highest BCUT2D eigenvalue weighted by Crippen LogP contribution is 2.30. The lowest BCUT2D eigenvalue weighted by Crippen LogP contribution is -2.17. The number of carbonyl (C=O) groups excluding carboxylic acids is 2. The lowest BCUT2D eigenvalue weighted by molar-refractivity contribution is -0.105. The Labute approximate surface area is 186 Å². The molecule has 0 radical (unpaired) electrons. The SMILES string of the molecule is COc1ccc(OC)c(-n2nnc(C(=O)Nc3cc(NC=O)cc(C(C)(C)C)c3)c2C)c1. The van der Waals surface area contributed by atoms with Crippen LogP contribution in [0.5, 0.6) is 11.5 Å². The van der Waals surface area contributed by atoms with Crippen LogP contribution < -0.4 is 20.1 Å². The third-order valence-electron chi connectivity index (χ3n) is 5.01. The molecule has 9 nitrogen and oxygen atoms in total. The minimum absolute atomic E-state index is 0.168. The number of aromatic nitrogens is 3. The van der Waals surface area contributed by atoms with Crippen LogP contribution >= 0.6 is 0 Å². The second-order valence-electron chi connectivity index (χ2n) is 8.24. The molecule has 0 aliphatic carbocycles. The van der Waals surface area contributed by atoms with Crippen molar-refractivity contribution >= 4 is 23.7 Å². The monoisotopic (exact) mass is 437 g/mol. The van der Waals surface area contributed by atoms with Crippen molar-refractivity contribution in [2.75, 3.05) is 24.9 Å². The molecule has 0 bridgehead atoms. The van der Waals surface area contributed by atoms with Gasteiger partial charge in [-0.15, -0.1) is 5.10 Å². The summed E-state index contributed by atoms with van der Waals surface area (Å²) in [5, 5.41) is 13.7. The van der Waals surface area contributed by atoms with Gasteiger partial charge in [0.25, 0.3) is 5.91 Å². The van der Waals surface area contributed by atoms with Crippen molar-refractivity contribution in [2.24, 2.45) is 0 Å². The Balaban J connectivity index is 1.95. The van der Waals surface area contributed by atoms with Crippen molar-refractivity contribution in [3.8, 4) is 17.2 Å². The molecular formula is C23H27N5O4. The highest BCUT2D eigenvalue weighted by molar-refractivity contribution is 6.04. The van der Waals surface area contributed by atoms with Crippen LogP contribution in [0, 0.1) is 6.92 Å². The van der Waals surface area contributed by atoms with E-state index < -0.39 is 5.91 Å². The van der Waals surface area contributed by atoms with E-state index in [1.54, 1.807) is 45.4 Å². The van der Waals surface area contributed by atoms with Gasteiger partial charge < -0.3 is 20.1 Å². The zero-order chi connectivity index (χ0) is 23.5. The van der Waals surface area contributed by atoms with Crippen molar-refractivity contribution < 1.29 is 19.1 Å². The van der Waals surface area contributed by atoms with Gasteiger partial charge in [0.15, 0.2) is 5.69 Å². The average molecular weight is 438 g/mol. The molecule has 0 fully saturated rings. The van der Waals surface area contributed by atoms with Crippen LogP contribution in [0.1, 0.15) is 42.5 Å². The number of anilines is 2. The minimum atomic E-state index is -0.418. The van der Waals surface area contributed by atoms with E-state index in [0.29, 0.717) is 40.7 Å². The normalized spacial score (nSPS) is 11.1. The molecule has 3 rings (SSSR count). The first-order chi connectivity index (χ1) is 15.2. The third kappa shape index (κ3) is 4.72. The highest BCUT2D eigenvalue weighted by Gasteiger charge is 2.21. The molecular weight excluding hydrogens is 410 g/mol. The lowest BCUT2D eigenvalue weighted by Gasteiger charge is -2.21. The maximum absolute atomic E-state index is 13.0. The third-order valence-corrected chi connectivity index (χ3v) is 5.01. The molecule has 0 spiro atoms. The molecule has 0 aliphatic rings. The Morgan fingerprint density at radius 2 is 1.78 bits per heavy atom. The Morgan fingerprint density at radius 3 is 2.41 bits per heavy atom. The van der Waals surface area contributed by atoms with E-state index in [4.69, 9.17) is 9.47 Å². The smallest absolute Gasteiger partial charge is 0.278 e. The summed E-state index contributed by atoms with van der Waals surface area (Å²) in [5.41, 5.74) is 3.21. The summed E-state index contributed by atoms with van der Waals surface area (Å²) < 4.78 is 12.2. The zero-order valence-corrected chi connectivity index (χ0v) is 19.0. The van der Waals surface area contributed by atoms with Gasteiger partial charge in [-0.1, -0.05) is 26.0 Å². The van der Waals surface area contributed by atoms with Gasteiger partial charge in [-0.2, -0.15) is 0 Å². The van der Waals surface area contributed by atoms with Crippen LogP contribution in [0.4, 0.5) is 11.4 Å². The van der Waals surface area contributed by atoms with E-state index in [1.807, 2.05) is 12.1 Å². The van der Waals surface area contributed by atoms with E-state index in [0.717, 1.165) is 5.56 Å². The number of hydrogen-bond acceptors (Lipinski definition) is 6. The van der Waals surface area contributed by atoms with Crippen molar-refractivity contribution in [1.82, 2.24) is 15.0 Å². The molecule has 1 aromatic heterocycles. The summed E-state index contributed by atoms with van der Waals surface area (Å²) in [4.78, 5) is 23.9. The minimum Gasteiger partial charge on any atom is -0.497 e. The summed E-state index contributed by atoms with van der Waals surface area (Å²) in [6.07, 6.45) is 0.602. The topological polar surface area (TPSA) is 107 Å². The maximum Gasteiger partial charge on any atom is 0.278 e. The van der Waals surface area contributed by atoms with Crippen molar-refractivity contribution in [3.63, 3.8) is 0 Å². The standard InChI is InChI=1S/C23H27N5O4/c1-14-21(26-27-28(14)19-12-18(31-5)7-8-20(19)32-6)22(30)25-17-10-15(23(2,3)4)9-16(11-17)24-13-29/h7-13H,1-6H3,(H,24,29)(H,25,30). The fraction of sp³-hybridized carbons (Fsp3) is 0.304. The molecule has 0 unspecified atom stereocenters. The molecule has 9 heteroatoms. The summed E-state index contributed by atoms with van der Waals surface area (Å²) in [6.45, 7) is 7.90. The second-order valence-corrected chi connectivity index (χ2v) is 8.24. The first kappa shape index (κ1) is 22.8. The van der Waals surface area contributed by atoms with Crippen molar-refractivity contribution in [3.05, 3.63) is 53.3 Å². The number of rotatable bonds is 7. The number of nitrogens with one attached hydrogen (secondary N) is 2. The maximum atomic E-state index is 13.0. The van der Waals surface area contributed by atoms with Gasteiger partial charge in [-0.05, 0) is 48.2 Å². The first-order valence-electron chi connectivity index (χ1n) is 9.99. The number of methoxy groups -OCH3 is 2. The fourth-order valence-corrected chi connectivity index (χ4v) is 3.20. The van der Waals surface area contributed by atoms with Crippen LogP contribution in [-0.4, -0.2) is 41.5 Å². The summed E-state index contributed by atoms with van der Waals surface area (Å²) in [5.74, 6) is 0.767. The predicted octanol–water partition coefficient (Wildman–Crippen LogP) is 3.71. The molecule has 2 amide bonds. The van der Waals surface area contributed by atoms with Gasteiger partial charge >= 0.3 is 0 Å². The summed E-state index contributed by atoms with van der Waals surface area (Å²) in [6, 6.07) is 10.7. The van der Waals surface area contributed by atoms with Gasteiger partial charge in [0.2, 0.25) is 6.41 Å². The van der Waals surface area contributed by atoms with Crippen LogP contribution in [0.2, 0.25) is 0 Å². The van der Waals surface area contributed by atoms with E-state index >= 15 is 0 Å². The van der Waals surface area contributed by atoms with E-state index in [1.165, 1.54) is 4.68 Å². The zero-order valence-electron chi connectivity index (χ0n) is 19.0. The van der Waals surface area contributed by atoms with E-state index in [-0.39, 0.29) is 11.1 Å². The summed E-state index contributed by atoms with van der Waals surface area (Å²) in [7, 11) is 3.12. The molecule has 32 heavy (non-hydrogen) atoms. The van der Waals surface area contributed by atoms with Gasteiger partial charge in [0, 0.05) is 17.4 Å². The molecule has 2 aromatic carbocycles. The number of carbonyl (C=O) groups is 2. The number of benzene rings is 2. The Bertz CT molecular complexity index is 1150. The Kier molecular flexibility index (Phi) is 6.47. The van der Waals surface area contributed by atoms with E-state index in [2.05, 4.69) is 41.7 Å². The average Bonchev–Trinajstić information content (AvgIpc) is 3.14. The van der Waals surface area contributed by atoms with E-state index in [9.17, 15) is 9.59 Å². The summed E-state index contributed by atoms with van der Waals surface area (Å²) >= 11 is 0. The molecule has 0 saturated carbocycles. The van der Waals surface area contributed by atoms with Crippen LogP contribution in [-0.2, 0) is 10.2 Å². The molecule has 1 heterocycles. The van der Waals surface area contributed by atoms with Gasteiger partial charge in [0.1, 0.15) is 17.2 Å². The molecule has 0 atom stereocenters. The van der Waals surface area contributed by atoms with Gasteiger partial charge in [-0.3, -0.25) is 9.59 Å². The molecule has 0 aliphatic heterocycles. The number of hydrogen-bond donors (Lipinski definition) is 2.